The molecule has 0 aliphatic carbocycles. The number of ether oxygens (including phenoxy) is 1. The van der Waals surface area contributed by atoms with Gasteiger partial charge in [0.05, 0.1) is 12.3 Å². The Hall–Kier alpha value is -1.24. The molecule has 0 radical (unpaired) electrons. The van der Waals surface area contributed by atoms with Crippen LogP contribution in [0, 0.1) is 0 Å². The molecule has 1 N–H and O–H groups in total. The minimum atomic E-state index is 0.0828. The van der Waals surface area contributed by atoms with Crippen LogP contribution in [0.3, 0.4) is 0 Å². The standard InChI is InChI=1S/C14H22N4OS/c1-14(2,3)15-8-12-11(9-19-5)16-13(20-12)10-6-7-18(4)17-10/h6-7,15H,8-9H2,1-5H3. The van der Waals surface area contributed by atoms with E-state index in [0.717, 1.165) is 22.9 Å². The summed E-state index contributed by atoms with van der Waals surface area (Å²) in [4.78, 5) is 5.87. The van der Waals surface area contributed by atoms with Crippen LogP contribution < -0.4 is 5.32 Å². The van der Waals surface area contributed by atoms with E-state index < -0.39 is 0 Å². The molecule has 0 saturated carbocycles. The predicted molar refractivity (Wildman–Crippen MR) is 81.6 cm³/mol. The number of thiazole rings is 1. The van der Waals surface area contributed by atoms with Crippen molar-refractivity contribution in [3.8, 4) is 10.7 Å². The zero-order valence-corrected chi connectivity index (χ0v) is 13.5. The molecule has 0 amide bonds. The molecule has 0 aliphatic heterocycles. The van der Waals surface area contributed by atoms with Gasteiger partial charge >= 0.3 is 0 Å². The Kier molecular flexibility index (Phi) is 4.57. The van der Waals surface area contributed by atoms with E-state index in [-0.39, 0.29) is 5.54 Å². The number of aromatic nitrogens is 3. The van der Waals surface area contributed by atoms with Crippen molar-refractivity contribution in [3.63, 3.8) is 0 Å². The zero-order chi connectivity index (χ0) is 14.8. The summed E-state index contributed by atoms with van der Waals surface area (Å²) < 4.78 is 7.04. The lowest BCUT2D eigenvalue weighted by Crippen LogP contribution is -2.35. The fraction of sp³-hybridized carbons (Fsp3) is 0.571. The van der Waals surface area contributed by atoms with Crippen molar-refractivity contribution in [2.24, 2.45) is 7.05 Å². The maximum Gasteiger partial charge on any atom is 0.144 e. The first kappa shape index (κ1) is 15.2. The molecular weight excluding hydrogens is 272 g/mol. The van der Waals surface area contributed by atoms with Gasteiger partial charge in [-0.25, -0.2) is 4.98 Å². The van der Waals surface area contributed by atoms with Crippen LogP contribution in [-0.4, -0.2) is 27.4 Å². The smallest absolute Gasteiger partial charge is 0.144 e. The number of aryl methyl sites for hydroxylation is 1. The first-order valence-electron chi connectivity index (χ1n) is 6.61. The van der Waals surface area contributed by atoms with E-state index >= 15 is 0 Å². The van der Waals surface area contributed by atoms with Gasteiger partial charge < -0.3 is 10.1 Å². The fourth-order valence-electron chi connectivity index (χ4n) is 1.76. The van der Waals surface area contributed by atoms with Gasteiger partial charge in [-0.2, -0.15) is 5.10 Å². The highest BCUT2D eigenvalue weighted by molar-refractivity contribution is 7.15. The molecule has 0 unspecified atom stereocenters. The predicted octanol–water partition coefficient (Wildman–Crippen LogP) is 2.58. The number of nitrogens with one attached hydrogen (secondary N) is 1. The molecular formula is C14H22N4OS. The van der Waals surface area contributed by atoms with Gasteiger partial charge in [0.15, 0.2) is 0 Å². The van der Waals surface area contributed by atoms with Crippen LogP contribution in [0.15, 0.2) is 12.3 Å². The van der Waals surface area contributed by atoms with Crippen LogP contribution in [0.4, 0.5) is 0 Å². The summed E-state index contributed by atoms with van der Waals surface area (Å²) in [6, 6.07) is 1.98. The Labute approximate surface area is 124 Å². The monoisotopic (exact) mass is 294 g/mol. The van der Waals surface area contributed by atoms with E-state index in [9.17, 15) is 0 Å². The summed E-state index contributed by atoms with van der Waals surface area (Å²) in [6.45, 7) is 7.80. The second-order valence-corrected chi connectivity index (χ2v) is 6.88. The third kappa shape index (κ3) is 3.88. The molecule has 0 bridgehead atoms. The molecule has 6 heteroatoms. The van der Waals surface area contributed by atoms with Crippen molar-refractivity contribution in [1.82, 2.24) is 20.1 Å². The second kappa shape index (κ2) is 6.03. The zero-order valence-electron chi connectivity index (χ0n) is 12.7. The number of nitrogens with zero attached hydrogens (tertiary/aromatic N) is 3. The molecule has 2 aromatic rings. The van der Waals surface area contributed by atoms with Crippen molar-refractivity contribution >= 4 is 11.3 Å². The summed E-state index contributed by atoms with van der Waals surface area (Å²) in [6.07, 6.45) is 1.93. The van der Waals surface area contributed by atoms with Crippen molar-refractivity contribution in [2.75, 3.05) is 7.11 Å². The maximum absolute atomic E-state index is 5.25. The number of hydrogen-bond donors (Lipinski definition) is 1. The number of hydrogen-bond acceptors (Lipinski definition) is 5. The van der Waals surface area contributed by atoms with Crippen LogP contribution in [-0.2, 0) is 24.9 Å². The van der Waals surface area contributed by atoms with Gasteiger partial charge in [0.1, 0.15) is 10.7 Å². The third-order valence-electron chi connectivity index (χ3n) is 2.77. The van der Waals surface area contributed by atoms with E-state index in [4.69, 9.17) is 4.74 Å². The summed E-state index contributed by atoms with van der Waals surface area (Å²) in [7, 11) is 3.61. The second-order valence-electron chi connectivity index (χ2n) is 5.80. The largest absolute Gasteiger partial charge is 0.378 e. The van der Waals surface area contributed by atoms with Gasteiger partial charge in [-0.1, -0.05) is 0 Å². The van der Waals surface area contributed by atoms with Gasteiger partial charge in [0, 0.05) is 37.3 Å². The van der Waals surface area contributed by atoms with Crippen LogP contribution in [0.2, 0.25) is 0 Å². The summed E-state index contributed by atoms with van der Waals surface area (Å²) in [5, 5.41) is 8.85. The molecule has 0 fully saturated rings. The van der Waals surface area contributed by atoms with Crippen molar-refractivity contribution in [1.29, 1.82) is 0 Å². The Bertz CT molecular complexity index is 568. The highest BCUT2D eigenvalue weighted by Gasteiger charge is 2.16. The normalized spacial score (nSPS) is 12.1. The van der Waals surface area contributed by atoms with Crippen molar-refractivity contribution < 1.29 is 4.74 Å². The van der Waals surface area contributed by atoms with Gasteiger partial charge in [0.25, 0.3) is 0 Å². The summed E-state index contributed by atoms with van der Waals surface area (Å²) >= 11 is 1.68. The van der Waals surface area contributed by atoms with Crippen LogP contribution in [0.5, 0.6) is 0 Å². The highest BCUT2D eigenvalue weighted by atomic mass is 32.1. The molecule has 0 aromatic carbocycles. The van der Waals surface area contributed by atoms with Gasteiger partial charge in [-0.05, 0) is 26.8 Å². The Morgan fingerprint density at radius 1 is 1.40 bits per heavy atom. The average molecular weight is 294 g/mol. The SMILES string of the molecule is COCc1nc(-c2ccn(C)n2)sc1CNC(C)(C)C. The molecule has 0 aliphatic rings. The molecule has 5 nitrogen and oxygen atoms in total. The maximum atomic E-state index is 5.25. The lowest BCUT2D eigenvalue weighted by atomic mass is 10.1. The molecule has 2 heterocycles. The molecule has 0 spiro atoms. The lowest BCUT2D eigenvalue weighted by Gasteiger charge is -2.20. The topological polar surface area (TPSA) is 52.0 Å². The van der Waals surface area contributed by atoms with E-state index in [0.29, 0.717) is 6.61 Å². The Balaban J connectivity index is 2.23. The summed E-state index contributed by atoms with van der Waals surface area (Å²) in [5.41, 5.74) is 1.99. The minimum Gasteiger partial charge on any atom is -0.378 e. The number of rotatable bonds is 5. The van der Waals surface area contributed by atoms with E-state index in [1.807, 2.05) is 19.3 Å². The van der Waals surface area contributed by atoms with E-state index in [1.165, 1.54) is 4.88 Å². The van der Waals surface area contributed by atoms with Gasteiger partial charge in [-0.15, -0.1) is 11.3 Å². The molecule has 20 heavy (non-hydrogen) atoms. The number of methoxy groups -OCH3 is 1. The molecule has 110 valence electrons. The third-order valence-corrected chi connectivity index (χ3v) is 3.89. The minimum absolute atomic E-state index is 0.0828. The van der Waals surface area contributed by atoms with Crippen LogP contribution in [0.1, 0.15) is 31.3 Å². The quantitative estimate of drug-likeness (QED) is 0.921. The fourth-order valence-corrected chi connectivity index (χ4v) is 2.72. The lowest BCUT2D eigenvalue weighted by molar-refractivity contribution is 0.181. The van der Waals surface area contributed by atoms with E-state index in [1.54, 1.807) is 23.1 Å². The molecule has 0 saturated heterocycles. The van der Waals surface area contributed by atoms with Gasteiger partial charge in [0.2, 0.25) is 0 Å². The first-order valence-corrected chi connectivity index (χ1v) is 7.43. The van der Waals surface area contributed by atoms with E-state index in [2.05, 4.69) is 36.2 Å². The first-order chi connectivity index (χ1) is 9.39. The summed E-state index contributed by atoms with van der Waals surface area (Å²) in [5.74, 6) is 0. The van der Waals surface area contributed by atoms with Crippen LogP contribution in [0.25, 0.3) is 10.7 Å². The Morgan fingerprint density at radius 2 is 2.15 bits per heavy atom. The van der Waals surface area contributed by atoms with Crippen LogP contribution >= 0.6 is 11.3 Å². The van der Waals surface area contributed by atoms with Crippen molar-refractivity contribution in [2.45, 2.75) is 39.5 Å². The molecule has 2 aromatic heterocycles. The molecule has 0 atom stereocenters. The van der Waals surface area contributed by atoms with Gasteiger partial charge in [-0.3, -0.25) is 4.68 Å². The van der Waals surface area contributed by atoms with Crippen molar-refractivity contribution in [3.05, 3.63) is 22.8 Å². The molecule has 2 rings (SSSR count). The highest BCUT2D eigenvalue weighted by Crippen LogP contribution is 2.27. The average Bonchev–Trinajstić information content (AvgIpc) is 2.93. The Morgan fingerprint density at radius 3 is 2.70 bits per heavy atom.